The second-order valence-corrected chi connectivity index (χ2v) is 30.5. The number of hydrogen-bond acceptors (Lipinski definition) is 17. The molecule has 4 aliphatic heterocycles. The van der Waals surface area contributed by atoms with E-state index >= 15 is 0 Å². The molecule has 0 radical (unpaired) electrons. The molecule has 22 heteroatoms. The Morgan fingerprint density at radius 3 is 1.13 bits per heavy atom. The maximum atomic E-state index is 13.2. The first-order valence-electron chi connectivity index (χ1n) is 36.6. The Hall–Kier alpha value is -10.8. The van der Waals surface area contributed by atoms with E-state index < -0.39 is 22.6 Å². The number of benzene rings is 4. The molecule has 12 rings (SSSR count). The number of aromatic carboxylic acids is 1. The number of ether oxygens (including phenoxy) is 2. The number of rotatable bonds is 11. The highest BCUT2D eigenvalue weighted by molar-refractivity contribution is 9.08. The quantitative estimate of drug-likeness (QED) is 0.114. The number of likely N-dealkylation sites (tertiary alicyclic amines) is 3. The van der Waals surface area contributed by atoms with Gasteiger partial charge in [0.05, 0.1) is 63.0 Å². The normalized spacial score (nSPS) is 14.8. The maximum Gasteiger partial charge on any atom is 0.410 e. The Bertz CT molecular complexity index is 4350. The van der Waals surface area contributed by atoms with Gasteiger partial charge in [0.2, 0.25) is 0 Å². The van der Waals surface area contributed by atoms with Crippen molar-refractivity contribution < 1.29 is 33.8 Å². The summed E-state index contributed by atoms with van der Waals surface area (Å²) in [6, 6.07) is 53.6. The van der Waals surface area contributed by atoms with Gasteiger partial charge in [0.1, 0.15) is 35.2 Å². The van der Waals surface area contributed by atoms with E-state index in [2.05, 4.69) is 200 Å². The van der Waals surface area contributed by atoms with Gasteiger partial charge < -0.3 is 34.6 Å². The second-order valence-electron chi connectivity index (χ2n) is 30.0. The van der Waals surface area contributed by atoms with Crippen LogP contribution in [0.4, 0.5) is 9.59 Å². The molecule has 0 saturated carbocycles. The maximum absolute atomic E-state index is 13.2. The molecule has 0 aliphatic carbocycles. The average molecular weight is 1600 g/mol. The summed E-state index contributed by atoms with van der Waals surface area (Å²) in [7, 11) is 0. The fourth-order valence-corrected chi connectivity index (χ4v) is 12.9. The number of piperidine rings is 4. The van der Waals surface area contributed by atoms with Crippen LogP contribution < -0.4 is 5.32 Å². The van der Waals surface area contributed by atoms with Crippen molar-refractivity contribution >= 4 is 40.0 Å². The Morgan fingerprint density at radius 2 is 0.805 bits per heavy atom. The van der Waals surface area contributed by atoms with Crippen molar-refractivity contribution in [1.29, 1.82) is 21.0 Å². The Kier molecular flexibility index (Phi) is 41.4. The zero-order chi connectivity index (χ0) is 78.3. The molecular formula is C91H121BrN14O7. The summed E-state index contributed by atoms with van der Waals surface area (Å²) in [5, 5.41) is 50.9. The van der Waals surface area contributed by atoms with Gasteiger partial charge in [-0.2, -0.15) is 21.0 Å². The Balaban J connectivity index is 0.000000472. The van der Waals surface area contributed by atoms with Crippen LogP contribution in [-0.4, -0.2) is 137 Å². The van der Waals surface area contributed by atoms with E-state index in [0.717, 1.165) is 56.9 Å². The van der Waals surface area contributed by atoms with E-state index in [1.54, 1.807) is 58.7 Å². The second kappa shape index (κ2) is 47.6. The van der Waals surface area contributed by atoms with Crippen molar-refractivity contribution in [3.05, 3.63) is 227 Å². The number of hydrogen-bond donors (Lipinski definition) is 2. The van der Waals surface area contributed by atoms with Crippen molar-refractivity contribution in [2.45, 2.75) is 194 Å². The zero-order valence-corrected chi connectivity index (χ0v) is 65.6. The number of nitrogens with zero attached hydrogens (tertiary/aromatic N) is 13. The standard InChI is InChI=1S/C24H23N5O.C19H26N2O2.C14H18N2.C11H18N2O2.C10H7N3O2.C8H9Br.5CH4/c1-18-4-6-19(7-5-18)15-24(16-25)9-13-29(14-10-24)23(30)20-3-2-11-27-22(20)21-8-12-26-17-28-21;1-15-5-7-16(8-6-15)13-19(14-20)9-11-21(12-10-19)17(22)23-18(2,3)4;1-12-2-4-13(5-3-12)10-14(11-15)6-8-16-9-7-14;1-11(2,3)15-10(14)13-6-4-9(8-12)5-7-13;14-10(15)7-2-1-4-12-9(7)8-3-5-11-6-13-8;1-7-2-4-8(6-9)5-3-7;;;;;/h2-8,11-12,17H,9-10,13-15H2,1H3;5-8H,9-13H2,1-4H3;2-5,16H,6-10H2,1H3;9H,4-7H2,1-3H3;1-6H,(H,14,15);2-5H,6H2,1H3;5*1H4. The van der Waals surface area contributed by atoms with Gasteiger partial charge in [0.25, 0.3) is 5.91 Å². The number of alkyl halides is 1. The lowest BCUT2D eigenvalue weighted by Gasteiger charge is -2.38. The molecule has 4 fully saturated rings. The molecule has 8 heterocycles. The zero-order valence-electron chi connectivity index (χ0n) is 64.0. The third kappa shape index (κ3) is 31.7. The topological polar surface area (TPSA) is 301 Å². The van der Waals surface area contributed by atoms with Crippen LogP contribution in [-0.2, 0) is 34.1 Å². The fraction of sp³-hybridized carbons (Fsp3) is 0.451. The van der Waals surface area contributed by atoms with Gasteiger partial charge in [-0.25, -0.2) is 34.3 Å². The van der Waals surface area contributed by atoms with Gasteiger partial charge >= 0.3 is 18.2 Å². The number of pyridine rings is 2. The molecule has 21 nitrogen and oxygen atoms in total. The summed E-state index contributed by atoms with van der Waals surface area (Å²) in [6.45, 7) is 24.9. The highest BCUT2D eigenvalue weighted by atomic mass is 79.9. The summed E-state index contributed by atoms with van der Waals surface area (Å²) in [5.41, 5.74) is 10.8. The van der Waals surface area contributed by atoms with E-state index in [0.29, 0.717) is 99.7 Å². The number of nitrogens with one attached hydrogen (secondary N) is 1. The van der Waals surface area contributed by atoms with Crippen molar-refractivity contribution in [3.8, 4) is 47.1 Å². The summed E-state index contributed by atoms with van der Waals surface area (Å²) >= 11 is 3.38. The summed E-state index contributed by atoms with van der Waals surface area (Å²) < 4.78 is 10.7. The molecule has 4 aliphatic rings. The van der Waals surface area contributed by atoms with Crippen molar-refractivity contribution in [2.75, 3.05) is 52.4 Å². The minimum absolute atomic E-state index is 0. The first-order chi connectivity index (χ1) is 51.6. The molecule has 3 amide bonds. The number of carbonyl (C=O) groups excluding carboxylic acids is 3. The van der Waals surface area contributed by atoms with Gasteiger partial charge in [-0.05, 0) is 212 Å². The van der Waals surface area contributed by atoms with Gasteiger partial charge in [0, 0.05) is 75.3 Å². The minimum atomic E-state index is -1.02. The summed E-state index contributed by atoms with van der Waals surface area (Å²) in [4.78, 5) is 77.4. The monoisotopic (exact) mass is 1600 g/mol. The molecule has 4 saturated heterocycles. The molecule has 604 valence electrons. The Morgan fingerprint density at radius 1 is 0.469 bits per heavy atom. The van der Waals surface area contributed by atoms with Crippen LogP contribution in [0.5, 0.6) is 0 Å². The predicted octanol–water partition coefficient (Wildman–Crippen LogP) is 19.8. The number of amides is 3. The van der Waals surface area contributed by atoms with E-state index in [9.17, 15) is 35.0 Å². The van der Waals surface area contributed by atoms with Crippen molar-refractivity contribution in [3.63, 3.8) is 0 Å². The lowest BCUT2D eigenvalue weighted by Crippen LogP contribution is -2.45. The van der Waals surface area contributed by atoms with E-state index in [1.165, 1.54) is 69.4 Å². The number of aromatic nitrogens is 6. The highest BCUT2D eigenvalue weighted by Crippen LogP contribution is 2.38. The SMILES string of the molecule is C.C.C.C.C.CC(C)(C)OC(=O)N1CCC(C#N)CC1.Cc1ccc(CBr)cc1.Cc1ccc(CC2(C#N)CCN(C(=O)OC(C)(C)C)CC2)cc1.Cc1ccc(CC2(C#N)CCN(C(=O)c3cccnc3-c3ccncn3)CC2)cc1.Cc1ccc(CC2(C#N)CCNCC2)cc1.O=C(O)c1cccnc1-c1ccncn1. The molecule has 2 N–H and O–H groups in total. The van der Waals surface area contributed by atoms with E-state index in [1.807, 2.05) is 46.4 Å². The summed E-state index contributed by atoms with van der Waals surface area (Å²) in [5.74, 6) is -0.987. The third-order valence-electron chi connectivity index (χ3n) is 19.0. The van der Waals surface area contributed by atoms with E-state index in [4.69, 9.17) is 19.8 Å². The predicted molar refractivity (Wildman–Crippen MR) is 454 cm³/mol. The van der Waals surface area contributed by atoms with Crippen molar-refractivity contribution in [1.82, 2.24) is 49.9 Å². The van der Waals surface area contributed by atoms with Crippen LogP contribution in [0.25, 0.3) is 22.8 Å². The smallest absolute Gasteiger partial charge is 0.410 e. The lowest BCUT2D eigenvalue weighted by molar-refractivity contribution is 0.0146. The Labute approximate surface area is 682 Å². The molecule has 113 heavy (non-hydrogen) atoms. The molecular weight excluding hydrogens is 1480 g/mol. The highest BCUT2D eigenvalue weighted by Gasteiger charge is 2.39. The molecule has 0 atom stereocenters. The van der Waals surface area contributed by atoms with E-state index in [-0.39, 0.29) is 77.5 Å². The van der Waals surface area contributed by atoms with Crippen LogP contribution in [0.3, 0.4) is 0 Å². The van der Waals surface area contributed by atoms with Gasteiger partial charge in [0.15, 0.2) is 0 Å². The number of aryl methyl sites for hydroxylation is 4. The first kappa shape index (κ1) is 98.3. The molecule has 0 bridgehead atoms. The summed E-state index contributed by atoms with van der Waals surface area (Å²) in [6.07, 6.45) is 17.1. The van der Waals surface area contributed by atoms with Crippen LogP contribution in [0.2, 0.25) is 0 Å². The number of carboxylic acids is 1. The van der Waals surface area contributed by atoms with Gasteiger partial charge in [-0.15, -0.1) is 0 Å². The van der Waals surface area contributed by atoms with Crippen LogP contribution in [0.15, 0.2) is 171 Å². The molecule has 4 aromatic carbocycles. The molecule has 4 aromatic heterocycles. The van der Waals surface area contributed by atoms with Gasteiger partial charge in [-0.3, -0.25) is 14.8 Å². The lowest BCUT2D eigenvalue weighted by atomic mass is 9.75. The average Bonchev–Trinajstić information content (AvgIpc) is 0.796. The fourth-order valence-electron chi connectivity index (χ4n) is 12.6. The molecule has 8 aromatic rings. The molecule has 0 unspecified atom stereocenters. The first-order valence-corrected chi connectivity index (χ1v) is 37.8. The van der Waals surface area contributed by atoms with Crippen LogP contribution in [0.1, 0.15) is 195 Å². The van der Waals surface area contributed by atoms with Crippen LogP contribution in [0, 0.1) is 95.2 Å². The largest absolute Gasteiger partial charge is 0.478 e. The molecule has 0 spiro atoms. The van der Waals surface area contributed by atoms with Crippen LogP contribution >= 0.6 is 15.9 Å². The third-order valence-corrected chi connectivity index (χ3v) is 19.6. The number of halogens is 1. The minimum Gasteiger partial charge on any atom is -0.478 e. The number of carbonyl (C=O) groups is 4. The van der Waals surface area contributed by atoms with Gasteiger partial charge in [-0.1, -0.05) is 172 Å². The number of nitriles is 4. The van der Waals surface area contributed by atoms with Crippen molar-refractivity contribution in [2.24, 2.45) is 22.2 Å². The number of carboxylic acid groups (broad SMARTS) is 1.